The van der Waals surface area contributed by atoms with Crippen LogP contribution in [0.15, 0.2) is 18.2 Å². The van der Waals surface area contributed by atoms with Gasteiger partial charge in [-0.1, -0.05) is 18.8 Å². The van der Waals surface area contributed by atoms with E-state index in [0.717, 1.165) is 6.42 Å². The second-order valence-electron chi connectivity index (χ2n) is 4.17. The summed E-state index contributed by atoms with van der Waals surface area (Å²) in [4.78, 5) is 13.7. The molecule has 2 N–H and O–H groups in total. The Morgan fingerprint density at radius 1 is 1.35 bits per heavy atom. The molecule has 0 bridgehead atoms. The summed E-state index contributed by atoms with van der Waals surface area (Å²) < 4.78 is 13.8. The molecule has 1 amide bonds. The van der Waals surface area contributed by atoms with Gasteiger partial charge in [-0.05, 0) is 24.6 Å². The number of halogens is 1. The minimum atomic E-state index is -0.622. The predicted octanol–water partition coefficient (Wildman–Crippen LogP) is 1.01. The fourth-order valence-corrected chi connectivity index (χ4v) is 1.78. The standard InChI is InChI=1S/C15H18FNO3/c1-2-7-17(8-10-19)15(20)13-11-12(4-3-9-18)5-6-14(13)16/h5-6,11,18-19H,2,7-10H2,1H3. The molecule has 0 aliphatic heterocycles. The lowest BCUT2D eigenvalue weighted by Gasteiger charge is -2.21. The van der Waals surface area contributed by atoms with E-state index in [4.69, 9.17) is 10.2 Å². The van der Waals surface area contributed by atoms with Gasteiger partial charge in [0.15, 0.2) is 0 Å². The Labute approximate surface area is 117 Å². The Morgan fingerprint density at radius 3 is 2.70 bits per heavy atom. The second-order valence-corrected chi connectivity index (χ2v) is 4.17. The fraction of sp³-hybridized carbons (Fsp3) is 0.400. The Hall–Kier alpha value is -1.90. The summed E-state index contributed by atoms with van der Waals surface area (Å²) in [5.74, 6) is 3.99. The van der Waals surface area contributed by atoms with Crippen molar-refractivity contribution in [1.29, 1.82) is 0 Å². The van der Waals surface area contributed by atoms with Crippen LogP contribution in [-0.4, -0.2) is 47.3 Å². The van der Waals surface area contributed by atoms with Crippen molar-refractivity contribution >= 4 is 5.91 Å². The van der Waals surface area contributed by atoms with Crippen LogP contribution in [0.25, 0.3) is 0 Å². The molecule has 0 saturated carbocycles. The molecule has 1 rings (SSSR count). The van der Waals surface area contributed by atoms with E-state index in [1.54, 1.807) is 0 Å². The van der Waals surface area contributed by atoms with Crippen LogP contribution in [0.1, 0.15) is 29.3 Å². The maximum Gasteiger partial charge on any atom is 0.256 e. The average molecular weight is 279 g/mol. The third kappa shape index (κ3) is 4.34. The first-order valence-electron chi connectivity index (χ1n) is 6.43. The minimum absolute atomic E-state index is 0.0726. The lowest BCUT2D eigenvalue weighted by Crippen LogP contribution is -2.34. The monoisotopic (exact) mass is 279 g/mol. The van der Waals surface area contributed by atoms with Crippen LogP contribution < -0.4 is 0 Å². The van der Waals surface area contributed by atoms with Gasteiger partial charge in [0.25, 0.3) is 5.91 Å². The zero-order valence-electron chi connectivity index (χ0n) is 11.4. The first-order chi connectivity index (χ1) is 9.63. The van der Waals surface area contributed by atoms with Crippen molar-refractivity contribution in [3.63, 3.8) is 0 Å². The third-order valence-corrected chi connectivity index (χ3v) is 2.66. The SMILES string of the molecule is CCCN(CCO)C(=O)c1cc(C#CCO)ccc1F. The van der Waals surface area contributed by atoms with E-state index < -0.39 is 11.7 Å². The zero-order chi connectivity index (χ0) is 15.0. The predicted molar refractivity (Wildman–Crippen MR) is 73.6 cm³/mol. The molecule has 0 saturated heterocycles. The lowest BCUT2D eigenvalue weighted by atomic mass is 10.1. The highest BCUT2D eigenvalue weighted by atomic mass is 19.1. The van der Waals surface area contributed by atoms with Crippen LogP contribution in [0.4, 0.5) is 4.39 Å². The third-order valence-electron chi connectivity index (χ3n) is 2.66. The molecule has 0 radical (unpaired) electrons. The summed E-state index contributed by atoms with van der Waals surface area (Å²) >= 11 is 0. The number of hydrogen-bond donors (Lipinski definition) is 2. The molecule has 20 heavy (non-hydrogen) atoms. The molecular weight excluding hydrogens is 261 g/mol. The first kappa shape index (κ1) is 16.2. The number of carbonyl (C=O) groups excluding carboxylic acids is 1. The van der Waals surface area contributed by atoms with Gasteiger partial charge in [-0.15, -0.1) is 0 Å². The molecule has 0 aliphatic carbocycles. The largest absolute Gasteiger partial charge is 0.395 e. The number of aliphatic hydroxyl groups is 2. The number of hydrogen-bond acceptors (Lipinski definition) is 3. The summed E-state index contributed by atoms with van der Waals surface area (Å²) in [6, 6.07) is 3.99. The molecule has 1 aromatic carbocycles. The summed E-state index contributed by atoms with van der Waals surface area (Å²) in [6.45, 7) is 2.05. The van der Waals surface area contributed by atoms with E-state index in [1.807, 2.05) is 6.92 Å². The number of benzene rings is 1. The molecule has 0 spiro atoms. The van der Waals surface area contributed by atoms with Crippen molar-refractivity contribution in [2.45, 2.75) is 13.3 Å². The smallest absolute Gasteiger partial charge is 0.256 e. The molecule has 0 heterocycles. The van der Waals surface area contributed by atoms with Gasteiger partial charge in [0.2, 0.25) is 0 Å². The van der Waals surface area contributed by atoms with E-state index in [0.29, 0.717) is 12.1 Å². The molecule has 0 fully saturated rings. The van der Waals surface area contributed by atoms with Gasteiger partial charge in [-0.2, -0.15) is 0 Å². The molecule has 4 nitrogen and oxygen atoms in total. The molecule has 108 valence electrons. The number of aliphatic hydroxyl groups excluding tert-OH is 2. The van der Waals surface area contributed by atoms with Gasteiger partial charge in [0, 0.05) is 18.7 Å². The highest BCUT2D eigenvalue weighted by molar-refractivity contribution is 5.94. The Morgan fingerprint density at radius 2 is 2.10 bits per heavy atom. The van der Waals surface area contributed by atoms with Crippen LogP contribution in [0, 0.1) is 17.7 Å². The molecule has 0 aliphatic rings. The van der Waals surface area contributed by atoms with E-state index in [2.05, 4.69) is 11.8 Å². The summed E-state index contributed by atoms with van der Waals surface area (Å²) in [5, 5.41) is 17.6. The molecule has 0 aromatic heterocycles. The van der Waals surface area contributed by atoms with E-state index in [1.165, 1.54) is 23.1 Å². The Kier molecular flexibility index (Phi) is 6.71. The van der Waals surface area contributed by atoms with Crippen molar-refractivity contribution in [1.82, 2.24) is 4.90 Å². The summed E-state index contributed by atoms with van der Waals surface area (Å²) in [7, 11) is 0. The highest BCUT2D eigenvalue weighted by Gasteiger charge is 2.18. The van der Waals surface area contributed by atoms with Crippen molar-refractivity contribution in [2.75, 3.05) is 26.3 Å². The van der Waals surface area contributed by atoms with Crippen LogP contribution in [0.2, 0.25) is 0 Å². The molecule has 0 unspecified atom stereocenters. The van der Waals surface area contributed by atoms with Crippen molar-refractivity contribution in [3.8, 4) is 11.8 Å². The number of carbonyl (C=O) groups is 1. The number of nitrogens with zero attached hydrogens (tertiary/aromatic N) is 1. The Bertz CT molecular complexity index is 514. The number of rotatable bonds is 5. The van der Waals surface area contributed by atoms with E-state index in [9.17, 15) is 9.18 Å². The van der Waals surface area contributed by atoms with Gasteiger partial charge in [-0.3, -0.25) is 4.79 Å². The summed E-state index contributed by atoms with van der Waals surface area (Å²) in [5.41, 5.74) is 0.390. The highest BCUT2D eigenvalue weighted by Crippen LogP contribution is 2.13. The maximum absolute atomic E-state index is 13.8. The van der Waals surface area contributed by atoms with Gasteiger partial charge in [-0.25, -0.2) is 4.39 Å². The quantitative estimate of drug-likeness (QED) is 0.791. The maximum atomic E-state index is 13.8. The second kappa shape index (κ2) is 8.31. The van der Waals surface area contributed by atoms with Gasteiger partial charge >= 0.3 is 0 Å². The fourth-order valence-electron chi connectivity index (χ4n) is 1.78. The van der Waals surface area contributed by atoms with Crippen LogP contribution in [-0.2, 0) is 0 Å². The number of amides is 1. The Balaban J connectivity index is 3.06. The minimum Gasteiger partial charge on any atom is -0.395 e. The first-order valence-corrected chi connectivity index (χ1v) is 6.43. The normalized spacial score (nSPS) is 9.80. The van der Waals surface area contributed by atoms with Gasteiger partial charge < -0.3 is 15.1 Å². The van der Waals surface area contributed by atoms with E-state index in [-0.39, 0.29) is 25.3 Å². The van der Waals surface area contributed by atoms with Gasteiger partial charge in [0.1, 0.15) is 12.4 Å². The molecule has 0 atom stereocenters. The van der Waals surface area contributed by atoms with Crippen molar-refractivity contribution < 1.29 is 19.4 Å². The van der Waals surface area contributed by atoms with Crippen molar-refractivity contribution in [2.24, 2.45) is 0 Å². The van der Waals surface area contributed by atoms with E-state index >= 15 is 0 Å². The topological polar surface area (TPSA) is 60.8 Å². The molecular formula is C15H18FNO3. The summed E-state index contributed by atoms with van der Waals surface area (Å²) in [6.07, 6.45) is 0.720. The molecule has 5 heteroatoms. The average Bonchev–Trinajstić information content (AvgIpc) is 2.45. The van der Waals surface area contributed by atoms with Crippen LogP contribution >= 0.6 is 0 Å². The lowest BCUT2D eigenvalue weighted by molar-refractivity contribution is 0.0717. The molecule has 1 aromatic rings. The van der Waals surface area contributed by atoms with Crippen LogP contribution in [0.5, 0.6) is 0 Å². The van der Waals surface area contributed by atoms with Gasteiger partial charge in [0.05, 0.1) is 12.2 Å². The zero-order valence-corrected chi connectivity index (χ0v) is 11.4. The van der Waals surface area contributed by atoms with Crippen LogP contribution in [0.3, 0.4) is 0 Å². The van der Waals surface area contributed by atoms with Crippen molar-refractivity contribution in [3.05, 3.63) is 35.1 Å².